The molecule has 2 amide bonds. The van der Waals surface area contributed by atoms with E-state index in [1.807, 2.05) is 0 Å². The Morgan fingerprint density at radius 3 is 2.71 bits per heavy atom. The summed E-state index contributed by atoms with van der Waals surface area (Å²) in [6.45, 7) is 0.860. The summed E-state index contributed by atoms with van der Waals surface area (Å²) < 4.78 is 13.0. The molecule has 4 rings (SSSR count). The number of nitrogens with zero attached hydrogens (tertiary/aromatic N) is 2. The number of thioether (sulfide) groups is 1. The van der Waals surface area contributed by atoms with Crippen LogP contribution in [-0.2, 0) is 20.9 Å². The Balaban J connectivity index is 1.56. The minimum Gasteiger partial charge on any atom is -0.477 e. The number of carbonyl (C=O) groups is 3. The molecule has 28 heavy (non-hydrogen) atoms. The number of hydrogen-bond donors (Lipinski definition) is 2. The first-order chi connectivity index (χ1) is 13.4. The van der Waals surface area contributed by atoms with E-state index in [9.17, 15) is 23.9 Å². The largest absolute Gasteiger partial charge is 0.477 e. The minimum atomic E-state index is -1.20. The van der Waals surface area contributed by atoms with Crippen molar-refractivity contribution in [2.75, 3.05) is 12.3 Å². The lowest BCUT2D eigenvalue weighted by molar-refractivity contribution is -0.147. The van der Waals surface area contributed by atoms with Crippen LogP contribution in [0, 0.1) is 5.82 Å². The van der Waals surface area contributed by atoms with Crippen molar-refractivity contribution in [2.45, 2.75) is 24.4 Å². The molecule has 0 bridgehead atoms. The number of β-lactam (4-membered cyclic amide) rings is 1. The Morgan fingerprint density at radius 2 is 2.04 bits per heavy atom. The normalized spacial score (nSPS) is 26.0. The highest BCUT2D eigenvalue weighted by molar-refractivity contribution is 8.00. The molecule has 146 valence electrons. The smallest absolute Gasteiger partial charge is 0.352 e. The van der Waals surface area contributed by atoms with Crippen LogP contribution in [0.3, 0.4) is 0 Å². The number of benzene rings is 1. The second kappa shape index (κ2) is 7.06. The van der Waals surface area contributed by atoms with Crippen LogP contribution in [-0.4, -0.2) is 56.4 Å². The monoisotopic (exact) mass is 403 g/mol. The van der Waals surface area contributed by atoms with Crippen LogP contribution in [0.25, 0.3) is 0 Å². The van der Waals surface area contributed by atoms with Crippen LogP contribution in [0.5, 0.6) is 0 Å². The first-order valence-electron chi connectivity index (χ1n) is 8.78. The maximum absolute atomic E-state index is 13.0. The molecule has 0 spiro atoms. The molecule has 2 fully saturated rings. The molecule has 3 heterocycles. The lowest BCUT2D eigenvalue weighted by Gasteiger charge is -2.47. The van der Waals surface area contributed by atoms with Crippen molar-refractivity contribution in [1.82, 2.24) is 9.80 Å². The zero-order valence-corrected chi connectivity index (χ0v) is 15.6. The maximum atomic E-state index is 13.0. The van der Waals surface area contributed by atoms with Crippen molar-refractivity contribution in [3.05, 3.63) is 58.6 Å². The van der Waals surface area contributed by atoms with Gasteiger partial charge < -0.3 is 15.7 Å². The minimum absolute atomic E-state index is 0.0901. The lowest BCUT2D eigenvalue weighted by atomic mass is 10.0. The van der Waals surface area contributed by atoms with E-state index >= 15 is 0 Å². The number of nitrogens with two attached hydrogens (primary N) is 1. The number of allylic oxidation sites excluding steroid dienone is 1. The van der Waals surface area contributed by atoms with Gasteiger partial charge in [-0.3, -0.25) is 14.5 Å². The zero-order valence-electron chi connectivity index (χ0n) is 14.8. The van der Waals surface area contributed by atoms with Gasteiger partial charge in [-0.2, -0.15) is 0 Å². The molecule has 0 aromatic heterocycles. The van der Waals surface area contributed by atoms with Crippen LogP contribution >= 0.6 is 11.8 Å². The van der Waals surface area contributed by atoms with Crippen LogP contribution in [0.1, 0.15) is 12.0 Å². The highest BCUT2D eigenvalue weighted by Crippen LogP contribution is 2.40. The van der Waals surface area contributed by atoms with Crippen LogP contribution in [0.2, 0.25) is 0 Å². The number of carbonyl (C=O) groups excluding carboxylic acids is 2. The molecule has 9 heteroatoms. The van der Waals surface area contributed by atoms with Gasteiger partial charge in [0.25, 0.3) is 0 Å². The van der Waals surface area contributed by atoms with Gasteiger partial charge in [-0.25, -0.2) is 9.18 Å². The molecule has 0 saturated carbocycles. The van der Waals surface area contributed by atoms with Gasteiger partial charge in [-0.05, 0) is 35.8 Å². The molecule has 0 unspecified atom stereocenters. The van der Waals surface area contributed by atoms with Gasteiger partial charge in [0.1, 0.15) is 22.9 Å². The van der Waals surface area contributed by atoms with E-state index in [0.29, 0.717) is 36.4 Å². The Hall–Kier alpha value is -2.65. The van der Waals surface area contributed by atoms with Gasteiger partial charge in [0.15, 0.2) is 0 Å². The van der Waals surface area contributed by atoms with Gasteiger partial charge in [0.2, 0.25) is 11.8 Å². The molecule has 2 saturated heterocycles. The standard InChI is InChI=1S/C19H18FN3O4S/c20-13-3-1-10(2-4-13)8-22-6-5-11(16(22)24)7-12-9-28-18-14(21)17(25)23(18)15(12)19(26)27/h1-4,7,14,18H,5-6,8-9,21H2,(H,26,27)/b11-7+/t14-,18-/m1/s1. The third-order valence-electron chi connectivity index (χ3n) is 5.09. The number of carboxylic acid groups (broad SMARTS) is 1. The fraction of sp³-hybridized carbons (Fsp3) is 0.316. The van der Waals surface area contributed by atoms with Crippen molar-refractivity contribution < 1.29 is 23.9 Å². The Bertz CT molecular complexity index is 928. The number of hydrogen-bond acceptors (Lipinski definition) is 5. The Kier molecular flexibility index (Phi) is 4.72. The number of halogens is 1. The Morgan fingerprint density at radius 1 is 1.32 bits per heavy atom. The molecular formula is C19H18FN3O4S. The summed E-state index contributed by atoms with van der Waals surface area (Å²) in [6.07, 6.45) is 2.08. The summed E-state index contributed by atoms with van der Waals surface area (Å²) in [5, 5.41) is 9.22. The van der Waals surface area contributed by atoms with Crippen molar-refractivity contribution in [3.8, 4) is 0 Å². The number of amides is 2. The predicted molar refractivity (Wildman–Crippen MR) is 100 cm³/mol. The first kappa shape index (κ1) is 18.7. The van der Waals surface area contributed by atoms with Crippen LogP contribution in [0.15, 0.2) is 47.2 Å². The first-order valence-corrected chi connectivity index (χ1v) is 9.82. The van der Waals surface area contributed by atoms with E-state index in [4.69, 9.17) is 5.73 Å². The third-order valence-corrected chi connectivity index (χ3v) is 6.41. The number of rotatable bonds is 4. The predicted octanol–water partition coefficient (Wildman–Crippen LogP) is 1.07. The number of aliphatic carboxylic acids is 1. The highest BCUT2D eigenvalue weighted by Gasteiger charge is 2.51. The summed E-state index contributed by atoms with van der Waals surface area (Å²) in [4.78, 5) is 39.3. The molecule has 0 aliphatic carbocycles. The third kappa shape index (κ3) is 3.10. The molecule has 3 aliphatic heterocycles. The van der Waals surface area contributed by atoms with Crippen molar-refractivity contribution >= 4 is 29.5 Å². The van der Waals surface area contributed by atoms with Crippen LogP contribution in [0.4, 0.5) is 4.39 Å². The van der Waals surface area contributed by atoms with Gasteiger partial charge in [-0.15, -0.1) is 11.8 Å². The summed E-state index contributed by atoms with van der Waals surface area (Å²) in [6, 6.07) is 5.27. The zero-order chi connectivity index (χ0) is 20.0. The van der Waals surface area contributed by atoms with E-state index in [1.54, 1.807) is 23.1 Å². The molecule has 1 aromatic rings. The second-order valence-electron chi connectivity index (χ2n) is 6.89. The second-order valence-corrected chi connectivity index (χ2v) is 7.99. The van der Waals surface area contributed by atoms with E-state index in [0.717, 1.165) is 5.56 Å². The van der Waals surface area contributed by atoms with Gasteiger partial charge in [-0.1, -0.05) is 12.1 Å². The molecular weight excluding hydrogens is 385 g/mol. The van der Waals surface area contributed by atoms with Crippen molar-refractivity contribution in [1.29, 1.82) is 0 Å². The molecule has 1 aromatic carbocycles. The van der Waals surface area contributed by atoms with E-state index < -0.39 is 17.9 Å². The lowest BCUT2D eigenvalue weighted by Crippen LogP contribution is -2.68. The molecule has 0 radical (unpaired) electrons. The fourth-order valence-corrected chi connectivity index (χ4v) is 4.88. The van der Waals surface area contributed by atoms with Crippen LogP contribution < -0.4 is 5.73 Å². The number of fused-ring (bicyclic) bond motifs is 1. The average Bonchev–Trinajstić information content (AvgIpc) is 3.02. The molecule has 3 N–H and O–H groups in total. The quantitative estimate of drug-likeness (QED) is 0.576. The topological polar surface area (TPSA) is 104 Å². The van der Waals surface area contributed by atoms with E-state index in [1.165, 1.54) is 28.8 Å². The molecule has 2 atom stereocenters. The number of likely N-dealkylation sites (tertiary alicyclic amines) is 1. The maximum Gasteiger partial charge on any atom is 0.352 e. The molecule has 3 aliphatic rings. The Labute approximate surface area is 164 Å². The summed E-state index contributed by atoms with van der Waals surface area (Å²) in [5.74, 6) is -1.76. The fourth-order valence-electron chi connectivity index (χ4n) is 3.62. The van der Waals surface area contributed by atoms with E-state index in [-0.39, 0.29) is 22.8 Å². The summed E-state index contributed by atoms with van der Waals surface area (Å²) in [7, 11) is 0. The van der Waals surface area contributed by atoms with Gasteiger partial charge >= 0.3 is 5.97 Å². The highest BCUT2D eigenvalue weighted by atomic mass is 32.2. The number of carboxylic acids is 1. The SMILES string of the molecule is N[C@@H]1C(=O)N2C(C(=O)O)=C(/C=C3\CCN(Cc4ccc(F)cc4)C3=O)CS[C@H]12. The summed E-state index contributed by atoms with van der Waals surface area (Å²) in [5.41, 5.74) is 7.42. The average molecular weight is 403 g/mol. The van der Waals surface area contributed by atoms with Gasteiger partial charge in [0, 0.05) is 24.4 Å². The van der Waals surface area contributed by atoms with E-state index in [2.05, 4.69) is 0 Å². The molecule has 7 nitrogen and oxygen atoms in total. The van der Waals surface area contributed by atoms with Crippen molar-refractivity contribution in [3.63, 3.8) is 0 Å². The van der Waals surface area contributed by atoms with Crippen molar-refractivity contribution in [2.24, 2.45) is 5.73 Å². The summed E-state index contributed by atoms with van der Waals surface area (Å²) >= 11 is 1.40. The van der Waals surface area contributed by atoms with Gasteiger partial charge in [0.05, 0.1) is 0 Å².